The number of H-pyrrole nitrogens is 1. The van der Waals surface area contributed by atoms with Gasteiger partial charge in [-0.3, -0.25) is 9.78 Å². The third-order valence-electron chi connectivity index (χ3n) is 2.92. The fourth-order valence-electron chi connectivity index (χ4n) is 1.92. The molecular formula is C14H14F3N3O. The number of carbonyl (C=O) groups is 1. The molecule has 2 rings (SSSR count). The number of halogens is 3. The number of rotatable bonds is 4. The highest BCUT2D eigenvalue weighted by Gasteiger charge is 2.32. The largest absolute Gasteiger partial charge is 0.431 e. The second kappa shape index (κ2) is 5.99. The maximum absolute atomic E-state index is 12.4. The Morgan fingerprint density at radius 3 is 2.62 bits per heavy atom. The Labute approximate surface area is 119 Å². The van der Waals surface area contributed by atoms with Gasteiger partial charge >= 0.3 is 6.18 Å². The van der Waals surface area contributed by atoms with E-state index in [1.54, 1.807) is 19.3 Å². The molecule has 1 amide bonds. The molecule has 2 aromatic heterocycles. The second-order valence-corrected chi connectivity index (χ2v) is 4.73. The van der Waals surface area contributed by atoms with Gasteiger partial charge in [-0.15, -0.1) is 0 Å². The minimum atomic E-state index is -4.48. The lowest BCUT2D eigenvalue weighted by Crippen LogP contribution is -2.33. The minimum absolute atomic E-state index is 0.0381. The van der Waals surface area contributed by atoms with Crippen LogP contribution in [0.5, 0.6) is 0 Å². The number of alkyl halides is 3. The molecule has 0 aliphatic rings. The predicted octanol–water partition coefficient (Wildman–Crippen LogP) is 2.79. The van der Waals surface area contributed by atoms with E-state index in [1.807, 2.05) is 12.1 Å². The summed E-state index contributed by atoms with van der Waals surface area (Å²) in [6, 6.07) is 4.24. The lowest BCUT2D eigenvalue weighted by atomic mass is 10.1. The maximum atomic E-state index is 12.4. The number of aromatic nitrogens is 2. The molecule has 1 atom stereocenters. The van der Waals surface area contributed by atoms with Gasteiger partial charge in [-0.25, -0.2) is 0 Å². The van der Waals surface area contributed by atoms with Crippen LogP contribution in [0.25, 0.3) is 0 Å². The van der Waals surface area contributed by atoms with Crippen LogP contribution in [0.3, 0.4) is 0 Å². The third-order valence-corrected chi connectivity index (χ3v) is 2.92. The highest BCUT2D eigenvalue weighted by atomic mass is 19.4. The first-order valence-electron chi connectivity index (χ1n) is 6.31. The van der Waals surface area contributed by atoms with Gasteiger partial charge in [0.15, 0.2) is 0 Å². The van der Waals surface area contributed by atoms with Crippen LogP contribution in [0, 0.1) is 0 Å². The van der Waals surface area contributed by atoms with Gasteiger partial charge in [0.05, 0.1) is 5.56 Å². The van der Waals surface area contributed by atoms with E-state index in [0.717, 1.165) is 17.8 Å². The van der Waals surface area contributed by atoms with Crippen molar-refractivity contribution in [1.29, 1.82) is 0 Å². The Balaban J connectivity index is 1.96. The Morgan fingerprint density at radius 1 is 1.38 bits per heavy atom. The summed E-state index contributed by atoms with van der Waals surface area (Å²) in [4.78, 5) is 17.8. The number of hydrogen-bond donors (Lipinski definition) is 2. The molecule has 0 saturated heterocycles. The van der Waals surface area contributed by atoms with Gasteiger partial charge < -0.3 is 10.3 Å². The summed E-state index contributed by atoms with van der Waals surface area (Å²) >= 11 is 0. The molecule has 0 fully saturated rings. The molecule has 4 nitrogen and oxygen atoms in total. The van der Waals surface area contributed by atoms with Crippen molar-refractivity contribution in [2.24, 2.45) is 0 Å². The highest BCUT2D eigenvalue weighted by Crippen LogP contribution is 2.28. The van der Waals surface area contributed by atoms with Gasteiger partial charge in [-0.2, -0.15) is 13.2 Å². The zero-order valence-corrected chi connectivity index (χ0v) is 11.2. The molecule has 0 radical (unpaired) electrons. The van der Waals surface area contributed by atoms with E-state index in [4.69, 9.17) is 0 Å². The van der Waals surface area contributed by atoms with E-state index in [-0.39, 0.29) is 11.6 Å². The molecule has 1 unspecified atom stereocenters. The molecule has 2 heterocycles. The SMILES string of the molecule is CC(Cc1ccncc1)NC(=O)c1c[nH]c(C(F)(F)F)c1. The fourth-order valence-corrected chi connectivity index (χ4v) is 1.92. The van der Waals surface area contributed by atoms with E-state index in [9.17, 15) is 18.0 Å². The molecule has 0 saturated carbocycles. The van der Waals surface area contributed by atoms with Crippen molar-refractivity contribution in [1.82, 2.24) is 15.3 Å². The van der Waals surface area contributed by atoms with Crippen molar-refractivity contribution in [3.8, 4) is 0 Å². The van der Waals surface area contributed by atoms with Crippen molar-refractivity contribution in [2.75, 3.05) is 0 Å². The van der Waals surface area contributed by atoms with Crippen molar-refractivity contribution >= 4 is 5.91 Å². The summed E-state index contributed by atoms with van der Waals surface area (Å²) in [6.45, 7) is 1.79. The highest BCUT2D eigenvalue weighted by molar-refractivity contribution is 5.94. The third kappa shape index (κ3) is 4.08. The molecular weight excluding hydrogens is 283 g/mol. The van der Waals surface area contributed by atoms with Gasteiger partial charge in [0, 0.05) is 24.6 Å². The average molecular weight is 297 g/mol. The Bertz CT molecular complexity index is 607. The molecule has 0 spiro atoms. The Hall–Kier alpha value is -2.31. The zero-order chi connectivity index (χ0) is 15.5. The van der Waals surface area contributed by atoms with Crippen LogP contribution in [0.15, 0.2) is 36.8 Å². The van der Waals surface area contributed by atoms with Crippen molar-refractivity contribution in [3.63, 3.8) is 0 Å². The van der Waals surface area contributed by atoms with E-state index >= 15 is 0 Å². The van der Waals surface area contributed by atoms with Gasteiger partial charge in [0.1, 0.15) is 5.69 Å². The summed E-state index contributed by atoms with van der Waals surface area (Å²) in [6.07, 6.45) is 0.431. The number of nitrogens with zero attached hydrogens (tertiary/aromatic N) is 1. The zero-order valence-electron chi connectivity index (χ0n) is 11.2. The van der Waals surface area contributed by atoms with Crippen molar-refractivity contribution in [3.05, 3.63) is 53.6 Å². The number of hydrogen-bond acceptors (Lipinski definition) is 2. The van der Waals surface area contributed by atoms with E-state index in [2.05, 4.69) is 15.3 Å². The lowest BCUT2D eigenvalue weighted by molar-refractivity contribution is -0.140. The lowest BCUT2D eigenvalue weighted by Gasteiger charge is -2.13. The number of aromatic amines is 1. The molecule has 0 bridgehead atoms. The van der Waals surface area contributed by atoms with Crippen LogP contribution in [0.1, 0.15) is 28.5 Å². The number of pyridine rings is 1. The second-order valence-electron chi connectivity index (χ2n) is 4.73. The van der Waals surface area contributed by atoms with Gasteiger partial charge in [-0.05, 0) is 37.1 Å². The Morgan fingerprint density at radius 2 is 2.05 bits per heavy atom. The molecule has 2 aromatic rings. The molecule has 112 valence electrons. The number of amides is 1. The maximum Gasteiger partial charge on any atom is 0.431 e. The summed E-state index contributed by atoms with van der Waals surface area (Å²) in [7, 11) is 0. The van der Waals surface area contributed by atoms with Crippen LogP contribution in [-0.4, -0.2) is 21.9 Å². The normalized spacial score (nSPS) is 13.0. The van der Waals surface area contributed by atoms with Crippen molar-refractivity contribution < 1.29 is 18.0 Å². The molecule has 0 aromatic carbocycles. The predicted molar refractivity (Wildman–Crippen MR) is 70.7 cm³/mol. The Kier molecular flexibility index (Phi) is 4.30. The number of carbonyl (C=O) groups excluding carboxylic acids is 1. The topological polar surface area (TPSA) is 57.8 Å². The smallest absolute Gasteiger partial charge is 0.357 e. The molecule has 0 aliphatic heterocycles. The van der Waals surface area contributed by atoms with Crippen LogP contribution >= 0.6 is 0 Å². The van der Waals surface area contributed by atoms with Crippen LogP contribution < -0.4 is 5.32 Å². The van der Waals surface area contributed by atoms with Gasteiger partial charge in [-0.1, -0.05) is 0 Å². The molecule has 2 N–H and O–H groups in total. The summed E-state index contributed by atoms with van der Waals surface area (Å²) in [5.41, 5.74) is 0.0150. The monoisotopic (exact) mass is 297 g/mol. The van der Waals surface area contributed by atoms with Gasteiger partial charge in [0.25, 0.3) is 5.91 Å². The average Bonchev–Trinajstić information content (AvgIpc) is 2.89. The fraction of sp³-hybridized carbons (Fsp3) is 0.286. The van der Waals surface area contributed by atoms with Crippen LogP contribution in [0.4, 0.5) is 13.2 Å². The van der Waals surface area contributed by atoms with Crippen LogP contribution in [-0.2, 0) is 12.6 Å². The molecule has 7 heteroatoms. The first-order valence-corrected chi connectivity index (χ1v) is 6.31. The first kappa shape index (κ1) is 15.1. The standard InChI is InChI=1S/C14H14F3N3O/c1-9(6-10-2-4-18-5-3-10)20-13(21)11-7-12(19-8-11)14(15,16)17/h2-5,7-9,19H,6H2,1H3,(H,20,21). The summed E-state index contributed by atoms with van der Waals surface area (Å²) < 4.78 is 37.3. The summed E-state index contributed by atoms with van der Waals surface area (Å²) in [5, 5.41) is 2.66. The van der Waals surface area contributed by atoms with Crippen LogP contribution in [0.2, 0.25) is 0 Å². The van der Waals surface area contributed by atoms with E-state index < -0.39 is 17.8 Å². The summed E-state index contributed by atoms with van der Waals surface area (Å²) in [5.74, 6) is -0.539. The van der Waals surface area contributed by atoms with Gasteiger partial charge in [0.2, 0.25) is 0 Å². The quantitative estimate of drug-likeness (QED) is 0.911. The molecule has 0 aliphatic carbocycles. The van der Waals surface area contributed by atoms with E-state index in [1.165, 1.54) is 0 Å². The minimum Gasteiger partial charge on any atom is -0.357 e. The molecule has 21 heavy (non-hydrogen) atoms. The van der Waals surface area contributed by atoms with Crippen molar-refractivity contribution in [2.45, 2.75) is 25.6 Å². The number of nitrogens with one attached hydrogen (secondary N) is 2. The first-order chi connectivity index (χ1) is 9.86. The van der Waals surface area contributed by atoms with E-state index in [0.29, 0.717) is 6.42 Å².